The maximum Gasteiger partial charge on any atom is 0.324 e. The second kappa shape index (κ2) is 37.4. The van der Waals surface area contributed by atoms with Crippen LogP contribution >= 0.6 is 15.9 Å². The fraction of sp³-hybridized carbons (Fsp3) is 0.526. The van der Waals surface area contributed by atoms with Gasteiger partial charge in [0, 0.05) is 19.6 Å². The minimum absolute atomic E-state index is 0.0130. The van der Waals surface area contributed by atoms with Crippen molar-refractivity contribution in [1.29, 1.82) is 10.5 Å². The van der Waals surface area contributed by atoms with Crippen molar-refractivity contribution in [3.63, 3.8) is 0 Å². The summed E-state index contributed by atoms with van der Waals surface area (Å²) in [5.74, 6) is -4.44. The fourth-order valence-electron chi connectivity index (χ4n) is 9.28. The molecular weight excluding hydrogens is 1330 g/mol. The van der Waals surface area contributed by atoms with E-state index in [1.165, 1.54) is 57.2 Å². The molecule has 34 heteroatoms. The molecule has 5 N–H and O–H groups in total. The van der Waals surface area contributed by atoms with Crippen LogP contribution in [0.25, 0.3) is 0 Å². The van der Waals surface area contributed by atoms with E-state index in [1.54, 1.807) is 32.9 Å². The van der Waals surface area contributed by atoms with Gasteiger partial charge in [-0.2, -0.15) is 15.7 Å². The highest BCUT2D eigenvalue weighted by Crippen LogP contribution is 2.28. The van der Waals surface area contributed by atoms with Gasteiger partial charge in [0.15, 0.2) is 77.4 Å². The normalized spacial score (nSPS) is 14.9. The molecule has 0 aliphatic carbocycles. The third-order valence-corrected chi connectivity index (χ3v) is 20.0. The number of carbonyl (C=O) groups excluding carboxylic acids is 6. The van der Waals surface area contributed by atoms with Crippen LogP contribution in [0.3, 0.4) is 0 Å². The Hall–Kier alpha value is -7.95. The second-order valence-electron chi connectivity index (χ2n) is 21.5. The van der Waals surface area contributed by atoms with E-state index in [2.05, 4.69) is 52.5 Å². The van der Waals surface area contributed by atoms with Gasteiger partial charge in [-0.3, -0.25) is 30.3 Å². The molecule has 9 amide bonds. The number of H-pyrrole nitrogens is 1. The molecule has 91 heavy (non-hydrogen) atoms. The zero-order chi connectivity index (χ0) is 67.3. The molecule has 498 valence electrons. The van der Waals surface area contributed by atoms with Crippen LogP contribution in [0.4, 0.5) is 27.6 Å². The fourth-order valence-corrected chi connectivity index (χ4v) is 14.6. The number of phenols is 1. The number of unbranched alkanes of at least 4 members (excludes halogenated alkanes) is 6. The van der Waals surface area contributed by atoms with Crippen molar-refractivity contribution in [2.24, 2.45) is 0 Å². The van der Waals surface area contributed by atoms with Crippen molar-refractivity contribution in [2.45, 2.75) is 103 Å². The molecule has 1 aromatic heterocycles. The molecule has 27 nitrogen and oxygen atoms in total. The molecule has 0 spiro atoms. The SMILES string of the molecule is C[C@@H](CS(=O)(=O)CCCCCN1CC(=O)NC1=O)c1ccc(F)c(O)c1.C[C@@H](CS(=O)(=O)CCCCCN1CC(=O)NC1=O)c1ccc(F)c(OCC#N)c1.C[C@@H](CS(=O)(=O)CCCCCN1CC(=O)NC1=O)c1ccc(F)c(OCc2nn[nH]n2)c1.N#CCBr. The summed E-state index contributed by atoms with van der Waals surface area (Å²) in [6, 6.07) is 14.6. The van der Waals surface area contributed by atoms with Crippen LogP contribution in [-0.4, -0.2) is 187 Å². The van der Waals surface area contributed by atoms with Gasteiger partial charge in [0.25, 0.3) is 0 Å². The first-order valence-electron chi connectivity index (χ1n) is 28.8. The Morgan fingerprint density at radius 1 is 0.560 bits per heavy atom. The number of hydrogen-bond acceptors (Lipinski definition) is 20. The van der Waals surface area contributed by atoms with Gasteiger partial charge in [0.1, 0.15) is 25.7 Å². The zero-order valence-corrected chi connectivity index (χ0v) is 54.4. The number of alkyl halides is 1. The van der Waals surface area contributed by atoms with Crippen molar-refractivity contribution in [2.75, 3.05) is 85.7 Å². The van der Waals surface area contributed by atoms with Crippen LogP contribution in [0.2, 0.25) is 0 Å². The number of nitriles is 2. The number of nitrogens with zero attached hydrogens (tertiary/aromatic N) is 8. The summed E-state index contributed by atoms with van der Waals surface area (Å²) in [7, 11) is -9.95. The van der Waals surface area contributed by atoms with Crippen molar-refractivity contribution in [1.82, 2.24) is 51.3 Å². The number of nitrogens with one attached hydrogen (secondary N) is 4. The molecule has 0 saturated carbocycles. The predicted molar refractivity (Wildman–Crippen MR) is 328 cm³/mol. The number of aromatic nitrogens is 4. The topological polar surface area (TPSA) is 391 Å². The maximum absolute atomic E-state index is 14.0. The number of carbonyl (C=O) groups is 6. The van der Waals surface area contributed by atoms with Gasteiger partial charge < -0.3 is 29.3 Å². The van der Waals surface area contributed by atoms with E-state index in [0.717, 1.165) is 6.07 Å². The molecule has 3 aromatic carbocycles. The summed E-state index contributed by atoms with van der Waals surface area (Å²) in [6.45, 7) is 6.25. The van der Waals surface area contributed by atoms with E-state index < -0.39 is 70.8 Å². The van der Waals surface area contributed by atoms with E-state index in [4.69, 9.17) is 20.0 Å². The highest BCUT2D eigenvalue weighted by atomic mass is 79.9. The average molecular weight is 1400 g/mol. The predicted octanol–water partition coefficient (Wildman–Crippen LogP) is 5.80. The molecule has 0 radical (unpaired) electrons. The molecule has 0 bridgehead atoms. The van der Waals surface area contributed by atoms with Crippen LogP contribution in [0.1, 0.15) is 119 Å². The third kappa shape index (κ3) is 27.6. The highest BCUT2D eigenvalue weighted by Gasteiger charge is 2.29. The number of tetrazole rings is 1. The lowest BCUT2D eigenvalue weighted by atomic mass is 10.0. The summed E-state index contributed by atoms with van der Waals surface area (Å²) in [5.41, 5.74) is 1.83. The monoisotopic (exact) mass is 1400 g/mol. The number of benzene rings is 3. The smallest absolute Gasteiger partial charge is 0.324 e. The summed E-state index contributed by atoms with van der Waals surface area (Å²) < 4.78 is 125. The van der Waals surface area contributed by atoms with Crippen LogP contribution in [-0.2, 0) is 50.5 Å². The van der Waals surface area contributed by atoms with Crippen LogP contribution in [0.5, 0.6) is 17.2 Å². The Labute approximate surface area is 534 Å². The van der Waals surface area contributed by atoms with Gasteiger partial charge in [0.2, 0.25) is 23.5 Å². The molecule has 3 aliphatic heterocycles. The second-order valence-corrected chi connectivity index (χ2v) is 28.7. The number of amides is 9. The number of imide groups is 3. The molecule has 4 aromatic rings. The van der Waals surface area contributed by atoms with E-state index in [1.807, 2.05) is 6.07 Å². The number of aromatic amines is 1. The molecular formula is C57H74BrF3N12O15S3. The minimum Gasteiger partial charge on any atom is -0.505 e. The van der Waals surface area contributed by atoms with E-state index in [0.29, 0.717) is 99.4 Å². The summed E-state index contributed by atoms with van der Waals surface area (Å²) >= 11 is 2.89. The lowest BCUT2D eigenvalue weighted by Crippen LogP contribution is -2.29. The quantitative estimate of drug-likeness (QED) is 0.0219. The van der Waals surface area contributed by atoms with E-state index in [-0.39, 0.29) is 120 Å². The number of rotatable bonds is 32. The summed E-state index contributed by atoms with van der Waals surface area (Å²) in [4.78, 5) is 71.8. The number of halogens is 4. The Bertz CT molecular complexity index is 3560. The zero-order valence-electron chi connectivity index (χ0n) is 50.4. The van der Waals surface area contributed by atoms with Gasteiger partial charge in [-0.25, -0.2) is 52.8 Å². The average Bonchev–Trinajstić information content (AvgIpc) is 2.17. The maximum atomic E-state index is 14.0. The van der Waals surface area contributed by atoms with Crippen molar-refractivity contribution < 1.29 is 81.8 Å². The third-order valence-electron chi connectivity index (χ3n) is 14.0. The number of urea groups is 3. The number of phenolic OH excluding ortho intramolecular Hbond substituents is 1. The summed E-state index contributed by atoms with van der Waals surface area (Å²) in [5, 5.41) is 45.7. The summed E-state index contributed by atoms with van der Waals surface area (Å²) in [6.07, 6.45) is 5.10. The molecule has 3 saturated heterocycles. The molecule has 3 fully saturated rings. The van der Waals surface area contributed by atoms with Crippen molar-refractivity contribution in [3.8, 4) is 29.4 Å². The Kier molecular flexibility index (Phi) is 31.0. The minimum atomic E-state index is -3.33. The largest absolute Gasteiger partial charge is 0.505 e. The van der Waals surface area contributed by atoms with Crippen LogP contribution in [0, 0.1) is 40.1 Å². The van der Waals surface area contributed by atoms with Gasteiger partial charge >= 0.3 is 18.1 Å². The number of sulfone groups is 3. The van der Waals surface area contributed by atoms with Crippen molar-refractivity contribution >= 4 is 81.3 Å². The lowest BCUT2D eigenvalue weighted by Gasteiger charge is -2.15. The Morgan fingerprint density at radius 3 is 1.24 bits per heavy atom. The number of ether oxygens (including phenoxy) is 2. The van der Waals surface area contributed by atoms with Crippen molar-refractivity contribution in [3.05, 3.63) is 94.6 Å². The van der Waals surface area contributed by atoms with Gasteiger partial charge in [-0.1, -0.05) is 79.4 Å². The number of aromatic hydroxyl groups is 1. The first-order valence-corrected chi connectivity index (χ1v) is 35.4. The highest BCUT2D eigenvalue weighted by molar-refractivity contribution is 9.09. The number of hydrogen-bond donors (Lipinski definition) is 5. The van der Waals surface area contributed by atoms with E-state index >= 15 is 0 Å². The van der Waals surface area contributed by atoms with Gasteiger partial charge in [-0.05, 0) is 109 Å². The molecule has 0 unspecified atom stereocenters. The van der Waals surface area contributed by atoms with Crippen LogP contribution < -0.4 is 25.4 Å². The first-order chi connectivity index (χ1) is 43.0. The lowest BCUT2D eigenvalue weighted by molar-refractivity contribution is -0.119. The standard InChI is InChI=1S/C19H25FN6O5S.C19H24FN3O5S.C17H23FN2O5S.C2H2BrN/c1-13(14-5-6-15(20)16(9-14)31-11-17-22-24-25-23-17)12-32(29,30)8-4-2-3-7-26-10-18(27)21-19(26)28;1-14(15-5-6-16(20)17(11-15)28-9-7-21)13-29(26,27)10-4-2-3-8-23-12-18(24)22-19(23)25;1-12(13-5-6-14(18)15(21)9-13)11-26(24,25)8-4-2-3-7-20-10-16(22)19-17(20)23;3-1-2-4/h5-6,9,13H,2-4,7-8,10-12H2,1H3,(H,21,27,28)(H,22,23,24,25);5-6,11,14H,2-4,8-10,12-13H2,1H3,(H,22,24,25);5-6,9,12,21H,2-4,7-8,10-11H2,1H3,(H,19,22,23);1H2/t13-;14-;12-;/m000./s1. The molecule has 3 aliphatic rings. The van der Waals surface area contributed by atoms with Gasteiger partial charge in [0.05, 0.1) is 45.9 Å². The Balaban J connectivity index is 0.000000284. The molecule has 7 rings (SSSR count). The van der Waals surface area contributed by atoms with Crippen LogP contribution in [0.15, 0.2) is 54.6 Å². The first kappa shape index (κ1) is 75.5. The Morgan fingerprint density at radius 2 is 0.923 bits per heavy atom. The van der Waals surface area contributed by atoms with E-state index in [9.17, 15) is 72.3 Å². The molecule has 4 heterocycles. The molecule has 3 atom stereocenters. The van der Waals surface area contributed by atoms with Gasteiger partial charge in [-0.15, -0.1) is 10.2 Å².